The van der Waals surface area contributed by atoms with Crippen molar-refractivity contribution in [3.63, 3.8) is 0 Å². The van der Waals surface area contributed by atoms with Crippen LogP contribution in [0.25, 0.3) is 0 Å². The summed E-state index contributed by atoms with van der Waals surface area (Å²) in [6.45, 7) is 4.58. The first-order valence-electron chi connectivity index (χ1n) is 8.95. The van der Waals surface area contributed by atoms with Crippen LogP contribution in [0.1, 0.15) is 28.3 Å². The summed E-state index contributed by atoms with van der Waals surface area (Å²) in [7, 11) is 0. The lowest BCUT2D eigenvalue weighted by Crippen LogP contribution is -2.28. The van der Waals surface area contributed by atoms with Gasteiger partial charge in [-0.3, -0.25) is 4.90 Å². The van der Waals surface area contributed by atoms with Crippen molar-refractivity contribution in [3.8, 4) is 5.75 Å². The molecule has 0 bridgehead atoms. The van der Waals surface area contributed by atoms with Crippen molar-refractivity contribution < 1.29 is 4.74 Å². The molecule has 0 unspecified atom stereocenters. The molecule has 2 nitrogen and oxygen atoms in total. The Morgan fingerprint density at radius 3 is 2.15 bits per heavy atom. The number of para-hydroxylation sites is 1. The molecule has 3 aromatic carbocycles. The molecule has 0 spiro atoms. The van der Waals surface area contributed by atoms with Crippen LogP contribution in [-0.4, -0.2) is 11.5 Å². The maximum Gasteiger partial charge on any atom is 0.122 e. The first-order valence-corrected chi connectivity index (χ1v) is 9.33. The van der Waals surface area contributed by atoms with E-state index in [-0.39, 0.29) is 6.04 Å². The first kappa shape index (κ1) is 17.1. The fourth-order valence-corrected chi connectivity index (χ4v) is 3.69. The van der Waals surface area contributed by atoms with E-state index in [2.05, 4.69) is 54.3 Å². The molecule has 1 aliphatic rings. The van der Waals surface area contributed by atoms with Crippen molar-refractivity contribution in [2.75, 3.05) is 6.61 Å². The monoisotopic (exact) mass is 363 g/mol. The van der Waals surface area contributed by atoms with E-state index in [1.54, 1.807) is 0 Å². The zero-order valence-electron chi connectivity index (χ0n) is 14.9. The lowest BCUT2D eigenvalue weighted by atomic mass is 10.1. The first-order chi connectivity index (χ1) is 12.7. The Balaban J connectivity index is 1.58. The maximum atomic E-state index is 6.22. The number of benzene rings is 3. The van der Waals surface area contributed by atoms with Crippen LogP contribution in [0.15, 0.2) is 72.8 Å². The Bertz CT molecular complexity index is 866. The predicted molar refractivity (Wildman–Crippen MR) is 107 cm³/mol. The summed E-state index contributed by atoms with van der Waals surface area (Å²) in [5, 5.41) is 0.761. The molecule has 3 aromatic rings. The number of hydrogen-bond donors (Lipinski definition) is 0. The lowest BCUT2D eigenvalue weighted by Gasteiger charge is -2.28. The zero-order chi connectivity index (χ0) is 17.9. The van der Waals surface area contributed by atoms with Gasteiger partial charge < -0.3 is 4.74 Å². The SMILES string of the molecule is Cc1ccccc1OC[C@@H](c1ccc(Cl)cc1)N1Cc2ccccc2C1. The number of rotatable bonds is 5. The van der Waals surface area contributed by atoms with Crippen LogP contribution in [-0.2, 0) is 13.1 Å². The third kappa shape index (κ3) is 3.62. The Hall–Kier alpha value is -2.29. The van der Waals surface area contributed by atoms with Gasteiger partial charge in [-0.25, -0.2) is 0 Å². The average Bonchev–Trinajstić information content (AvgIpc) is 3.08. The van der Waals surface area contributed by atoms with Crippen LogP contribution in [0.4, 0.5) is 0 Å². The fraction of sp³-hybridized carbons (Fsp3) is 0.217. The van der Waals surface area contributed by atoms with Crippen LogP contribution in [0.3, 0.4) is 0 Å². The smallest absolute Gasteiger partial charge is 0.122 e. The molecule has 4 rings (SSSR count). The van der Waals surface area contributed by atoms with Crippen molar-refractivity contribution in [2.24, 2.45) is 0 Å². The Kier molecular flexibility index (Phi) is 4.96. The third-order valence-corrected chi connectivity index (χ3v) is 5.30. The number of halogens is 1. The second-order valence-electron chi connectivity index (χ2n) is 6.82. The van der Waals surface area contributed by atoms with Crippen molar-refractivity contribution in [1.82, 2.24) is 4.90 Å². The molecule has 0 aromatic heterocycles. The molecule has 0 saturated carbocycles. The highest BCUT2D eigenvalue weighted by atomic mass is 35.5. The van der Waals surface area contributed by atoms with Crippen LogP contribution >= 0.6 is 11.6 Å². The van der Waals surface area contributed by atoms with E-state index in [1.807, 2.05) is 30.3 Å². The van der Waals surface area contributed by atoms with Gasteiger partial charge in [0.25, 0.3) is 0 Å². The average molecular weight is 364 g/mol. The van der Waals surface area contributed by atoms with Crippen LogP contribution in [0.5, 0.6) is 5.75 Å². The molecule has 0 radical (unpaired) electrons. The van der Waals surface area contributed by atoms with E-state index in [4.69, 9.17) is 16.3 Å². The van der Waals surface area contributed by atoms with E-state index in [1.165, 1.54) is 16.7 Å². The molecule has 0 amide bonds. The number of hydrogen-bond acceptors (Lipinski definition) is 2. The summed E-state index contributed by atoms with van der Waals surface area (Å²) in [6, 6.07) is 25.2. The fourth-order valence-electron chi connectivity index (χ4n) is 3.56. The minimum absolute atomic E-state index is 0.180. The quantitative estimate of drug-likeness (QED) is 0.569. The topological polar surface area (TPSA) is 12.5 Å². The predicted octanol–water partition coefficient (Wildman–Crippen LogP) is 5.78. The van der Waals surface area contributed by atoms with E-state index in [0.717, 1.165) is 29.4 Å². The van der Waals surface area contributed by atoms with Gasteiger partial charge in [-0.15, -0.1) is 0 Å². The van der Waals surface area contributed by atoms with E-state index >= 15 is 0 Å². The summed E-state index contributed by atoms with van der Waals surface area (Å²) in [4.78, 5) is 2.48. The number of ether oxygens (including phenoxy) is 1. The molecule has 0 N–H and O–H groups in total. The van der Waals surface area contributed by atoms with Gasteiger partial charge in [0.05, 0.1) is 6.04 Å². The largest absolute Gasteiger partial charge is 0.491 e. The summed E-state index contributed by atoms with van der Waals surface area (Å²) in [5.41, 5.74) is 5.20. The Labute approximate surface area is 160 Å². The highest BCUT2D eigenvalue weighted by Crippen LogP contribution is 2.32. The molecule has 1 atom stereocenters. The third-order valence-electron chi connectivity index (χ3n) is 5.05. The zero-order valence-corrected chi connectivity index (χ0v) is 15.6. The standard InChI is InChI=1S/C23H22ClNO/c1-17-6-2-5-9-23(17)26-16-22(18-10-12-21(24)13-11-18)25-14-19-7-3-4-8-20(19)15-25/h2-13,22H,14-16H2,1H3/t22-/m0/s1. The van der Waals surface area contributed by atoms with Crippen molar-refractivity contribution >= 4 is 11.6 Å². The van der Waals surface area contributed by atoms with Crippen LogP contribution in [0, 0.1) is 6.92 Å². The van der Waals surface area contributed by atoms with E-state index in [0.29, 0.717) is 6.61 Å². The van der Waals surface area contributed by atoms with Crippen molar-refractivity contribution in [2.45, 2.75) is 26.1 Å². The van der Waals surface area contributed by atoms with Gasteiger partial charge in [0.15, 0.2) is 0 Å². The molecule has 1 aliphatic heterocycles. The molecular weight excluding hydrogens is 342 g/mol. The van der Waals surface area contributed by atoms with Gasteiger partial charge in [-0.05, 0) is 47.4 Å². The lowest BCUT2D eigenvalue weighted by molar-refractivity contribution is 0.133. The molecule has 132 valence electrons. The highest BCUT2D eigenvalue weighted by Gasteiger charge is 2.27. The minimum atomic E-state index is 0.180. The summed E-state index contributed by atoms with van der Waals surface area (Å²) < 4.78 is 6.22. The van der Waals surface area contributed by atoms with Gasteiger partial charge in [0.1, 0.15) is 12.4 Å². The molecule has 0 fully saturated rings. The van der Waals surface area contributed by atoms with Crippen LogP contribution in [0.2, 0.25) is 5.02 Å². The summed E-state index contributed by atoms with van der Waals surface area (Å²) in [6.07, 6.45) is 0. The van der Waals surface area contributed by atoms with Gasteiger partial charge in [0.2, 0.25) is 0 Å². The number of nitrogens with zero attached hydrogens (tertiary/aromatic N) is 1. The maximum absolute atomic E-state index is 6.22. The summed E-state index contributed by atoms with van der Waals surface area (Å²) in [5.74, 6) is 0.947. The van der Waals surface area contributed by atoms with Crippen molar-refractivity contribution in [1.29, 1.82) is 0 Å². The molecule has 0 saturated heterocycles. The second-order valence-corrected chi connectivity index (χ2v) is 7.25. The normalized spacial score (nSPS) is 14.8. The molecular formula is C23H22ClNO. The van der Waals surface area contributed by atoms with Gasteiger partial charge >= 0.3 is 0 Å². The summed E-state index contributed by atoms with van der Waals surface area (Å²) >= 11 is 6.10. The number of aryl methyl sites for hydroxylation is 1. The highest BCUT2D eigenvalue weighted by molar-refractivity contribution is 6.30. The molecule has 1 heterocycles. The van der Waals surface area contributed by atoms with Gasteiger partial charge in [-0.2, -0.15) is 0 Å². The van der Waals surface area contributed by atoms with E-state index < -0.39 is 0 Å². The minimum Gasteiger partial charge on any atom is -0.491 e. The molecule has 0 aliphatic carbocycles. The molecule has 26 heavy (non-hydrogen) atoms. The van der Waals surface area contributed by atoms with E-state index in [9.17, 15) is 0 Å². The Morgan fingerprint density at radius 2 is 1.50 bits per heavy atom. The second kappa shape index (κ2) is 7.53. The molecule has 3 heteroatoms. The number of fused-ring (bicyclic) bond motifs is 1. The Morgan fingerprint density at radius 1 is 0.885 bits per heavy atom. The van der Waals surface area contributed by atoms with Gasteiger partial charge in [-0.1, -0.05) is 66.2 Å². The van der Waals surface area contributed by atoms with Gasteiger partial charge in [0, 0.05) is 18.1 Å². The van der Waals surface area contributed by atoms with Crippen LogP contribution < -0.4 is 4.74 Å². The van der Waals surface area contributed by atoms with Crippen molar-refractivity contribution in [3.05, 3.63) is 100 Å².